The molecule has 0 aromatic heterocycles. The molecule has 1 aliphatic rings. The van der Waals surface area contributed by atoms with E-state index < -0.39 is 17.1 Å². The van der Waals surface area contributed by atoms with Crippen LogP contribution in [0.4, 0.5) is 11.4 Å². The molecule has 1 amide bonds. The summed E-state index contributed by atoms with van der Waals surface area (Å²) in [6.45, 7) is 0.382. The quantitative estimate of drug-likeness (QED) is 0.528. The third kappa shape index (κ3) is 2.82. The second kappa shape index (κ2) is 5.11. The summed E-state index contributed by atoms with van der Waals surface area (Å²) in [6.07, 6.45) is -0.174. The lowest BCUT2D eigenvalue weighted by Gasteiger charge is -2.10. The van der Waals surface area contributed by atoms with Crippen LogP contribution in [0.15, 0.2) is 24.3 Å². The number of aliphatic hydroxyl groups excluding tert-OH is 1. The minimum absolute atomic E-state index is 0.0767. The van der Waals surface area contributed by atoms with Crippen LogP contribution in [0.25, 0.3) is 0 Å². The number of amides is 1. The molecule has 2 unspecified atom stereocenters. The molecule has 18 heavy (non-hydrogen) atoms. The molecule has 0 radical (unpaired) electrons. The van der Waals surface area contributed by atoms with Gasteiger partial charge in [-0.25, -0.2) is 0 Å². The van der Waals surface area contributed by atoms with Gasteiger partial charge in [0.15, 0.2) is 0 Å². The van der Waals surface area contributed by atoms with E-state index in [1.165, 1.54) is 18.2 Å². The van der Waals surface area contributed by atoms with Gasteiger partial charge in [0.05, 0.1) is 17.1 Å². The molecule has 2 atom stereocenters. The Morgan fingerprint density at radius 3 is 2.94 bits per heavy atom. The molecule has 0 bridgehead atoms. The highest BCUT2D eigenvalue weighted by atomic mass is 16.6. The third-order valence-corrected chi connectivity index (χ3v) is 2.75. The smallest absolute Gasteiger partial charge is 0.271 e. The molecule has 1 fully saturated rings. The minimum Gasteiger partial charge on any atom is -0.392 e. The molecule has 0 aliphatic carbocycles. The fourth-order valence-electron chi connectivity index (χ4n) is 1.84. The number of nitro benzene ring substituents is 1. The molecular formula is C11H13N3O4. The van der Waals surface area contributed by atoms with Crippen molar-refractivity contribution >= 4 is 17.3 Å². The zero-order valence-corrected chi connectivity index (χ0v) is 9.50. The van der Waals surface area contributed by atoms with Crippen LogP contribution >= 0.6 is 0 Å². The second-order valence-electron chi connectivity index (χ2n) is 4.15. The minimum atomic E-state index is -0.522. The van der Waals surface area contributed by atoms with Crippen molar-refractivity contribution in [2.45, 2.75) is 18.6 Å². The molecule has 1 aromatic carbocycles. The summed E-state index contributed by atoms with van der Waals surface area (Å²) < 4.78 is 0. The van der Waals surface area contributed by atoms with E-state index in [2.05, 4.69) is 10.6 Å². The Morgan fingerprint density at radius 1 is 1.56 bits per heavy atom. The second-order valence-corrected chi connectivity index (χ2v) is 4.15. The van der Waals surface area contributed by atoms with Crippen molar-refractivity contribution in [2.24, 2.45) is 0 Å². The van der Waals surface area contributed by atoms with Gasteiger partial charge in [-0.15, -0.1) is 0 Å². The summed E-state index contributed by atoms with van der Waals surface area (Å²) in [6, 6.07) is 5.27. The van der Waals surface area contributed by atoms with Gasteiger partial charge in [-0.05, 0) is 12.5 Å². The molecule has 0 saturated carbocycles. The Labute approximate surface area is 103 Å². The lowest BCUT2D eigenvalue weighted by Crippen LogP contribution is -2.35. The van der Waals surface area contributed by atoms with Crippen molar-refractivity contribution in [3.8, 4) is 0 Å². The molecule has 1 saturated heterocycles. The summed E-state index contributed by atoms with van der Waals surface area (Å²) >= 11 is 0. The molecule has 3 N–H and O–H groups in total. The lowest BCUT2D eigenvalue weighted by molar-refractivity contribution is -0.384. The molecule has 7 nitrogen and oxygen atoms in total. The average molecular weight is 251 g/mol. The molecular weight excluding hydrogens is 238 g/mol. The van der Waals surface area contributed by atoms with E-state index >= 15 is 0 Å². The fraction of sp³-hybridized carbons (Fsp3) is 0.364. The van der Waals surface area contributed by atoms with Gasteiger partial charge < -0.3 is 15.7 Å². The largest absolute Gasteiger partial charge is 0.392 e. The van der Waals surface area contributed by atoms with E-state index in [1.54, 1.807) is 6.07 Å². The van der Waals surface area contributed by atoms with Crippen molar-refractivity contribution in [2.75, 3.05) is 11.9 Å². The molecule has 7 heteroatoms. The number of rotatable bonds is 3. The van der Waals surface area contributed by atoms with Crippen LogP contribution in [0.1, 0.15) is 6.42 Å². The summed E-state index contributed by atoms with van der Waals surface area (Å²) in [5, 5.41) is 25.3. The number of hydrogen-bond donors (Lipinski definition) is 3. The summed E-state index contributed by atoms with van der Waals surface area (Å²) in [5.41, 5.74) is 0.296. The van der Waals surface area contributed by atoms with E-state index in [-0.39, 0.29) is 11.6 Å². The van der Waals surface area contributed by atoms with Gasteiger partial charge in [0.1, 0.15) is 0 Å². The Bertz CT molecular complexity index is 477. The maximum absolute atomic E-state index is 11.8. The van der Waals surface area contributed by atoms with Crippen molar-refractivity contribution in [3.63, 3.8) is 0 Å². The highest BCUT2D eigenvalue weighted by molar-refractivity contribution is 5.95. The number of carbonyl (C=O) groups excluding carboxylic acids is 1. The van der Waals surface area contributed by atoms with Crippen molar-refractivity contribution < 1.29 is 14.8 Å². The standard InChI is InChI=1S/C11H13N3O4/c15-9-5-10(12-6-9)11(16)13-7-2-1-3-8(4-7)14(17)18/h1-4,9-10,12,15H,5-6H2,(H,13,16). The first-order valence-corrected chi connectivity index (χ1v) is 5.53. The average Bonchev–Trinajstić information content (AvgIpc) is 2.76. The predicted octanol–water partition coefficient (Wildman–Crippen LogP) is 0.256. The topological polar surface area (TPSA) is 104 Å². The van der Waals surface area contributed by atoms with Crippen LogP contribution in [-0.2, 0) is 4.79 Å². The number of nitro groups is 1. The lowest BCUT2D eigenvalue weighted by atomic mass is 10.2. The van der Waals surface area contributed by atoms with Gasteiger partial charge in [0, 0.05) is 24.4 Å². The molecule has 1 aromatic rings. The van der Waals surface area contributed by atoms with Crippen molar-refractivity contribution in [1.82, 2.24) is 5.32 Å². The molecule has 2 rings (SSSR count). The zero-order valence-electron chi connectivity index (χ0n) is 9.50. The van der Waals surface area contributed by atoms with Gasteiger partial charge in [-0.3, -0.25) is 14.9 Å². The van der Waals surface area contributed by atoms with Crippen LogP contribution < -0.4 is 10.6 Å². The van der Waals surface area contributed by atoms with Crippen LogP contribution in [0.2, 0.25) is 0 Å². The first-order chi connectivity index (χ1) is 8.56. The molecule has 96 valence electrons. The predicted molar refractivity (Wildman–Crippen MR) is 64.1 cm³/mol. The van der Waals surface area contributed by atoms with E-state index in [0.29, 0.717) is 18.7 Å². The number of nitrogens with zero attached hydrogens (tertiary/aromatic N) is 1. The highest BCUT2D eigenvalue weighted by Gasteiger charge is 2.28. The van der Waals surface area contributed by atoms with Gasteiger partial charge in [-0.2, -0.15) is 0 Å². The number of carbonyl (C=O) groups is 1. The van der Waals surface area contributed by atoms with E-state index in [1.807, 2.05) is 0 Å². The van der Waals surface area contributed by atoms with Gasteiger partial charge in [0.25, 0.3) is 5.69 Å². The van der Waals surface area contributed by atoms with Crippen molar-refractivity contribution in [1.29, 1.82) is 0 Å². The van der Waals surface area contributed by atoms with Crippen LogP contribution in [0.5, 0.6) is 0 Å². The van der Waals surface area contributed by atoms with E-state index in [9.17, 15) is 20.0 Å². The zero-order chi connectivity index (χ0) is 13.1. The molecule has 0 spiro atoms. The number of aliphatic hydroxyl groups is 1. The highest BCUT2D eigenvalue weighted by Crippen LogP contribution is 2.18. The molecule has 1 heterocycles. The van der Waals surface area contributed by atoms with Crippen LogP contribution in [0, 0.1) is 10.1 Å². The first kappa shape index (κ1) is 12.5. The van der Waals surface area contributed by atoms with Gasteiger partial charge >= 0.3 is 0 Å². The molecule has 1 aliphatic heterocycles. The van der Waals surface area contributed by atoms with Crippen molar-refractivity contribution in [3.05, 3.63) is 34.4 Å². The first-order valence-electron chi connectivity index (χ1n) is 5.53. The maximum atomic E-state index is 11.8. The number of non-ortho nitro benzene ring substituents is 1. The number of hydrogen-bond acceptors (Lipinski definition) is 5. The SMILES string of the molecule is O=C(Nc1cccc([N+](=O)[O-])c1)C1CC(O)CN1. The Hall–Kier alpha value is -1.99. The Balaban J connectivity index is 2.03. The maximum Gasteiger partial charge on any atom is 0.271 e. The van der Waals surface area contributed by atoms with Crippen LogP contribution in [0.3, 0.4) is 0 Å². The Kier molecular flexibility index (Phi) is 3.54. The van der Waals surface area contributed by atoms with E-state index in [0.717, 1.165) is 0 Å². The van der Waals surface area contributed by atoms with E-state index in [4.69, 9.17) is 0 Å². The number of benzene rings is 1. The number of nitrogens with one attached hydrogen (secondary N) is 2. The third-order valence-electron chi connectivity index (χ3n) is 2.75. The van der Waals surface area contributed by atoms with Gasteiger partial charge in [0.2, 0.25) is 5.91 Å². The number of β-amino-alcohol motifs (C(OH)–C–C–N with tert-alkyl or cyclic N) is 1. The number of anilines is 1. The normalized spacial score (nSPS) is 22.7. The van der Waals surface area contributed by atoms with Crippen LogP contribution in [-0.4, -0.2) is 34.6 Å². The summed E-state index contributed by atoms with van der Waals surface area (Å²) in [4.78, 5) is 21.9. The Morgan fingerprint density at radius 2 is 2.33 bits per heavy atom. The summed E-state index contributed by atoms with van der Waals surface area (Å²) in [7, 11) is 0. The van der Waals surface area contributed by atoms with Gasteiger partial charge in [-0.1, -0.05) is 6.07 Å². The monoisotopic (exact) mass is 251 g/mol. The summed E-state index contributed by atoms with van der Waals surface area (Å²) in [5.74, 6) is -0.299. The fourth-order valence-corrected chi connectivity index (χ4v) is 1.84.